The normalized spacial score (nSPS) is 25.6. The third kappa shape index (κ3) is 12.4. The number of ether oxygens (including phenoxy) is 4. The van der Waals surface area contributed by atoms with E-state index in [-0.39, 0.29) is 43.5 Å². The van der Waals surface area contributed by atoms with Crippen molar-refractivity contribution in [3.63, 3.8) is 0 Å². The Balaban J connectivity index is 1.43. The predicted molar refractivity (Wildman–Crippen MR) is 246 cm³/mol. The lowest BCUT2D eigenvalue weighted by molar-refractivity contribution is -0.256. The van der Waals surface area contributed by atoms with Crippen molar-refractivity contribution < 1.29 is 43.6 Å². The van der Waals surface area contributed by atoms with Crippen LogP contribution in [0.2, 0.25) is 0 Å². The molecule has 2 aromatic rings. The average molecular weight is 871 g/mol. The van der Waals surface area contributed by atoms with Gasteiger partial charge in [0.05, 0.1) is 24.8 Å². The number of aldehydes is 1. The number of hydrogen-bond acceptors (Lipinski definition) is 10. The number of fused-ring (bicyclic) bond motifs is 2. The van der Waals surface area contributed by atoms with Gasteiger partial charge < -0.3 is 38.9 Å². The van der Waals surface area contributed by atoms with Crippen LogP contribution in [-0.4, -0.2) is 84.6 Å². The largest absolute Gasteiger partial charge is 0.459 e. The Kier molecular flexibility index (Phi) is 19.1. The van der Waals surface area contributed by atoms with Crippen molar-refractivity contribution in [3.05, 3.63) is 77.9 Å². The van der Waals surface area contributed by atoms with E-state index in [1.165, 1.54) is 38.5 Å². The molecule has 7 atom stereocenters. The lowest BCUT2D eigenvalue weighted by atomic mass is 9.55. The molecule has 1 unspecified atom stereocenters. The van der Waals surface area contributed by atoms with Gasteiger partial charge in [0.15, 0.2) is 0 Å². The maximum absolute atomic E-state index is 14.5. The van der Waals surface area contributed by atoms with E-state index in [4.69, 9.17) is 28.9 Å². The molecule has 63 heavy (non-hydrogen) atoms. The quantitative estimate of drug-likeness (QED) is 0.0389. The molecule has 0 spiro atoms. The standard InChI is InChI=1S/C52H74N2O9/c1-4-6-7-8-9-10-11-12-13-25-48(58)54(3)47-36-45(53-63-49-26-16-19-32-59-49)43-34-39(22-14-17-29-55)42(24-15-18-30-56)50-44-35-41(61-40-23-20-21-38(33-40)37-57)27-28-46(44)62-52(47,51(43)50)60-31-5-2/h5,20-21,23,27-28,33-35,37,39,42,47,49-51,55-56H,2,4,6-19,22,24-26,29-32,36H2,1,3H3/t39-,42+,47-,49?,50+,51+,52+/m0/s1. The van der Waals surface area contributed by atoms with E-state index < -0.39 is 24.0 Å². The summed E-state index contributed by atoms with van der Waals surface area (Å²) in [6.07, 6.45) is 23.2. The van der Waals surface area contributed by atoms with Crippen LogP contribution in [0.5, 0.6) is 17.2 Å². The molecule has 2 heterocycles. The van der Waals surface area contributed by atoms with Crippen molar-refractivity contribution in [2.45, 2.75) is 159 Å². The van der Waals surface area contributed by atoms with Crippen LogP contribution in [0, 0.1) is 17.8 Å². The molecular formula is C52H74N2O9. The summed E-state index contributed by atoms with van der Waals surface area (Å²) in [6, 6.07) is 12.4. The number of unbranched alkanes of at least 4 members (excludes halogenated alkanes) is 10. The number of carbonyl (C=O) groups is 2. The third-order valence-electron chi connectivity index (χ3n) is 13.6. The summed E-state index contributed by atoms with van der Waals surface area (Å²) in [5.74, 6) is 0.128. The number of carbonyl (C=O) groups excluding carboxylic acids is 2. The topological polar surface area (TPSA) is 136 Å². The number of benzene rings is 2. The molecule has 1 saturated carbocycles. The molecule has 2 N–H and O–H groups in total. The Labute approximate surface area is 376 Å². The van der Waals surface area contributed by atoms with Crippen molar-refractivity contribution in [2.24, 2.45) is 22.9 Å². The molecule has 346 valence electrons. The molecule has 4 aliphatic rings. The first kappa shape index (κ1) is 48.4. The average Bonchev–Trinajstić information content (AvgIpc) is 3.31. The van der Waals surface area contributed by atoms with E-state index >= 15 is 0 Å². The van der Waals surface area contributed by atoms with Gasteiger partial charge >= 0.3 is 0 Å². The van der Waals surface area contributed by atoms with Crippen LogP contribution in [0.1, 0.15) is 157 Å². The number of rotatable bonds is 27. The first-order valence-corrected chi connectivity index (χ1v) is 24.2. The summed E-state index contributed by atoms with van der Waals surface area (Å²) in [6.45, 7) is 7.34. The SMILES string of the molecule is C=CCO[C@@]12Oc3ccc(Oc4cccc(C=O)c4)cc3[C@H]3[C@H](CCCCO)[C@@H](CCCCO)C=C(C(=NOC4CCCCO4)C[C@@H]1N(C)C(=O)CCCCCCCCCCC)[C@H]32. The highest BCUT2D eigenvalue weighted by atomic mass is 16.8. The van der Waals surface area contributed by atoms with Crippen LogP contribution in [0.3, 0.4) is 0 Å². The molecular weight excluding hydrogens is 797 g/mol. The smallest absolute Gasteiger partial charge is 0.239 e. The molecule has 2 aliphatic heterocycles. The van der Waals surface area contributed by atoms with Crippen LogP contribution >= 0.6 is 0 Å². The molecule has 2 aliphatic carbocycles. The fraction of sp³-hybridized carbons (Fsp3) is 0.635. The molecule has 11 nitrogen and oxygen atoms in total. The van der Waals surface area contributed by atoms with Gasteiger partial charge in [0.2, 0.25) is 18.0 Å². The fourth-order valence-electron chi connectivity index (χ4n) is 10.4. The second-order valence-electron chi connectivity index (χ2n) is 18.0. The monoisotopic (exact) mass is 871 g/mol. The number of oxime groups is 1. The summed E-state index contributed by atoms with van der Waals surface area (Å²) < 4.78 is 26.8. The van der Waals surface area contributed by atoms with Crippen molar-refractivity contribution >= 4 is 17.9 Å². The minimum Gasteiger partial charge on any atom is -0.459 e. The van der Waals surface area contributed by atoms with E-state index in [1.807, 2.05) is 30.1 Å². The summed E-state index contributed by atoms with van der Waals surface area (Å²) in [5, 5.41) is 24.8. The Morgan fingerprint density at radius 1 is 0.937 bits per heavy atom. The molecule has 11 heteroatoms. The highest BCUT2D eigenvalue weighted by Crippen LogP contribution is 2.62. The molecule has 6 rings (SSSR count). The lowest BCUT2D eigenvalue weighted by Gasteiger charge is -2.59. The minimum absolute atomic E-state index is 0.0391. The Morgan fingerprint density at radius 2 is 1.68 bits per heavy atom. The third-order valence-corrected chi connectivity index (χ3v) is 13.6. The maximum atomic E-state index is 14.5. The number of nitrogens with zero attached hydrogens (tertiary/aromatic N) is 2. The molecule has 0 bridgehead atoms. The van der Waals surface area contributed by atoms with Crippen molar-refractivity contribution in [2.75, 3.05) is 33.5 Å². The molecule has 2 aromatic carbocycles. The van der Waals surface area contributed by atoms with Crippen LogP contribution in [0.15, 0.2) is 71.9 Å². The van der Waals surface area contributed by atoms with Crippen LogP contribution in [0.4, 0.5) is 0 Å². The summed E-state index contributed by atoms with van der Waals surface area (Å²) in [7, 11) is 1.88. The summed E-state index contributed by atoms with van der Waals surface area (Å²) >= 11 is 0. The van der Waals surface area contributed by atoms with E-state index in [9.17, 15) is 19.8 Å². The first-order chi connectivity index (χ1) is 30.9. The maximum Gasteiger partial charge on any atom is 0.239 e. The number of amides is 1. The second-order valence-corrected chi connectivity index (χ2v) is 18.0. The highest BCUT2D eigenvalue weighted by Gasteiger charge is 2.65. The predicted octanol–water partition coefficient (Wildman–Crippen LogP) is 10.8. The summed E-state index contributed by atoms with van der Waals surface area (Å²) in [4.78, 5) is 34.2. The van der Waals surface area contributed by atoms with Crippen molar-refractivity contribution in [3.8, 4) is 17.2 Å². The van der Waals surface area contributed by atoms with E-state index in [0.717, 1.165) is 87.3 Å². The van der Waals surface area contributed by atoms with Gasteiger partial charge in [0.1, 0.15) is 29.6 Å². The zero-order valence-corrected chi connectivity index (χ0v) is 38.1. The van der Waals surface area contributed by atoms with Crippen molar-refractivity contribution in [1.29, 1.82) is 0 Å². The van der Waals surface area contributed by atoms with Gasteiger partial charge in [-0.1, -0.05) is 101 Å². The molecule has 2 fully saturated rings. The zero-order chi connectivity index (χ0) is 44.4. The van der Waals surface area contributed by atoms with Gasteiger partial charge in [-0.2, -0.15) is 0 Å². The second kappa shape index (κ2) is 24.9. The van der Waals surface area contributed by atoms with Gasteiger partial charge in [-0.05, 0) is 92.7 Å². The summed E-state index contributed by atoms with van der Waals surface area (Å²) in [5.41, 5.74) is 3.23. The number of likely N-dealkylation sites (N-methyl/N-ethyl adjacent to an activating group) is 1. The number of hydrogen-bond donors (Lipinski definition) is 2. The van der Waals surface area contributed by atoms with Gasteiger partial charge in [-0.25, -0.2) is 0 Å². The lowest BCUT2D eigenvalue weighted by Crippen LogP contribution is -2.69. The van der Waals surface area contributed by atoms with E-state index in [2.05, 4.69) is 25.6 Å². The number of aliphatic hydroxyl groups excluding tert-OH is 2. The molecule has 0 radical (unpaired) electrons. The van der Waals surface area contributed by atoms with Crippen LogP contribution in [0.25, 0.3) is 0 Å². The fourth-order valence-corrected chi connectivity index (χ4v) is 10.4. The molecule has 0 aromatic heterocycles. The van der Waals surface area contributed by atoms with Gasteiger partial charge in [-0.3, -0.25) is 9.59 Å². The van der Waals surface area contributed by atoms with Gasteiger partial charge in [-0.15, -0.1) is 6.58 Å². The van der Waals surface area contributed by atoms with Gasteiger partial charge in [0.25, 0.3) is 0 Å². The Morgan fingerprint density at radius 3 is 2.40 bits per heavy atom. The van der Waals surface area contributed by atoms with Crippen LogP contribution < -0.4 is 9.47 Å². The van der Waals surface area contributed by atoms with Crippen LogP contribution in [-0.2, 0) is 19.1 Å². The first-order valence-electron chi connectivity index (χ1n) is 24.2. The van der Waals surface area contributed by atoms with E-state index in [1.54, 1.807) is 24.3 Å². The van der Waals surface area contributed by atoms with E-state index in [0.29, 0.717) is 55.1 Å². The zero-order valence-electron chi connectivity index (χ0n) is 38.1. The number of allylic oxidation sites excluding steroid dienone is 1. The minimum atomic E-state index is -1.31. The Hall–Kier alpha value is -4.03. The van der Waals surface area contributed by atoms with Gasteiger partial charge in [0, 0.05) is 56.6 Å². The van der Waals surface area contributed by atoms with Crippen molar-refractivity contribution in [1.82, 2.24) is 4.90 Å². The molecule has 1 amide bonds. The highest BCUT2D eigenvalue weighted by molar-refractivity contribution is 6.03. The Bertz CT molecular complexity index is 1820. The molecule has 1 saturated heterocycles. The number of aliphatic hydroxyl groups is 2.